The Balaban J connectivity index is 1.40. The first kappa shape index (κ1) is 22.5. The number of nitrogen functional groups attached to an aromatic ring is 1. The van der Waals surface area contributed by atoms with Crippen LogP contribution >= 0.6 is 0 Å². The van der Waals surface area contributed by atoms with Gasteiger partial charge in [0.25, 0.3) is 5.69 Å². The van der Waals surface area contributed by atoms with E-state index in [1.165, 1.54) is 0 Å². The Morgan fingerprint density at radius 3 is 2.85 bits per heavy atom. The molecule has 6 N–H and O–H groups in total. The molecule has 2 atom stereocenters. The summed E-state index contributed by atoms with van der Waals surface area (Å²) in [7, 11) is 0. The van der Waals surface area contributed by atoms with Gasteiger partial charge in [-0.05, 0) is 38.2 Å². The Hall–Kier alpha value is -3.65. The molecule has 2 unspecified atom stereocenters. The molecule has 0 radical (unpaired) electrons. The molecule has 0 spiro atoms. The summed E-state index contributed by atoms with van der Waals surface area (Å²) in [6.45, 7) is 13.1. The number of aromatic nitrogens is 5. The second kappa shape index (κ2) is 9.46. The van der Waals surface area contributed by atoms with Crippen LogP contribution in [0, 0.1) is 19.4 Å². The van der Waals surface area contributed by atoms with Gasteiger partial charge < -0.3 is 22.1 Å². The minimum Gasteiger partial charge on any atom is -0.392 e. The van der Waals surface area contributed by atoms with Crippen molar-refractivity contribution in [1.29, 1.82) is 0 Å². The number of nitrogens with two attached hydrogens (primary N) is 2. The van der Waals surface area contributed by atoms with Gasteiger partial charge in [-0.2, -0.15) is 10.2 Å². The fourth-order valence-corrected chi connectivity index (χ4v) is 4.38. The summed E-state index contributed by atoms with van der Waals surface area (Å²) in [6.07, 6.45) is 5.67. The lowest BCUT2D eigenvalue weighted by Crippen LogP contribution is -2.39. The van der Waals surface area contributed by atoms with Gasteiger partial charge in [-0.3, -0.25) is 9.48 Å². The van der Waals surface area contributed by atoms with Gasteiger partial charge in [0, 0.05) is 31.3 Å². The maximum atomic E-state index is 10.9. The summed E-state index contributed by atoms with van der Waals surface area (Å²) in [4.78, 5) is 19.2. The van der Waals surface area contributed by atoms with Crippen LogP contribution in [0.1, 0.15) is 42.8 Å². The molecule has 0 aliphatic heterocycles. The number of carbonyl (C=O) groups is 1. The van der Waals surface area contributed by atoms with Crippen molar-refractivity contribution in [2.45, 2.75) is 45.6 Å². The molecule has 0 saturated heterocycles. The molecule has 3 aromatic rings. The van der Waals surface area contributed by atoms with Crippen molar-refractivity contribution in [1.82, 2.24) is 29.7 Å². The van der Waals surface area contributed by atoms with Gasteiger partial charge in [-0.15, -0.1) is 0 Å². The molecule has 1 aliphatic rings. The molecular formula is C22H30N10O. The average Bonchev–Trinajstić information content (AvgIpc) is 3.34. The number of amides is 1. The maximum Gasteiger partial charge on any atom is 0.268 e. The van der Waals surface area contributed by atoms with Crippen LogP contribution < -0.4 is 22.1 Å². The number of anilines is 2. The summed E-state index contributed by atoms with van der Waals surface area (Å²) in [5, 5.41) is 15.6. The van der Waals surface area contributed by atoms with E-state index < -0.39 is 0 Å². The second-order valence-electron chi connectivity index (χ2n) is 8.42. The average molecular weight is 451 g/mol. The smallest absolute Gasteiger partial charge is 0.268 e. The second-order valence-corrected chi connectivity index (χ2v) is 8.42. The molecule has 0 bridgehead atoms. The topological polar surface area (TPSA) is 146 Å². The van der Waals surface area contributed by atoms with Crippen LogP contribution in [0.2, 0.25) is 0 Å². The third kappa shape index (κ3) is 4.47. The van der Waals surface area contributed by atoms with Crippen molar-refractivity contribution in [3.63, 3.8) is 0 Å². The van der Waals surface area contributed by atoms with E-state index in [0.717, 1.165) is 42.8 Å². The molecule has 4 rings (SSSR count). The SMILES string of the molecule is [C-]#[N+]c1c(NCCc2ccn(C3CCC3CNCC(N)=O)n2)nc2c(CC)c(C)nn2c1N. The van der Waals surface area contributed by atoms with Crippen molar-refractivity contribution in [3.05, 3.63) is 40.6 Å². The molecule has 11 heteroatoms. The van der Waals surface area contributed by atoms with E-state index in [2.05, 4.69) is 32.5 Å². The number of rotatable bonds is 10. The van der Waals surface area contributed by atoms with E-state index >= 15 is 0 Å². The molecule has 1 saturated carbocycles. The van der Waals surface area contributed by atoms with Gasteiger partial charge in [0.15, 0.2) is 5.65 Å². The Bertz CT molecular complexity index is 1200. The number of carbonyl (C=O) groups excluding carboxylic acids is 1. The quantitative estimate of drug-likeness (QED) is 0.343. The molecule has 174 valence electrons. The number of nitrogens with zero attached hydrogens (tertiary/aromatic N) is 6. The highest BCUT2D eigenvalue weighted by atomic mass is 16.1. The predicted molar refractivity (Wildman–Crippen MR) is 126 cm³/mol. The summed E-state index contributed by atoms with van der Waals surface area (Å²) in [5.41, 5.74) is 15.2. The summed E-state index contributed by atoms with van der Waals surface area (Å²) >= 11 is 0. The van der Waals surface area contributed by atoms with E-state index in [0.29, 0.717) is 42.2 Å². The highest BCUT2D eigenvalue weighted by molar-refractivity contribution is 5.80. The molecular weight excluding hydrogens is 420 g/mol. The van der Waals surface area contributed by atoms with E-state index in [-0.39, 0.29) is 18.1 Å². The maximum absolute atomic E-state index is 10.9. The summed E-state index contributed by atoms with van der Waals surface area (Å²) < 4.78 is 3.58. The zero-order valence-corrected chi connectivity index (χ0v) is 19.0. The normalized spacial score (nSPS) is 17.6. The lowest BCUT2D eigenvalue weighted by molar-refractivity contribution is -0.117. The molecule has 3 aromatic heterocycles. The Labute approximate surface area is 192 Å². The van der Waals surface area contributed by atoms with Crippen LogP contribution in [0.4, 0.5) is 17.3 Å². The fraction of sp³-hybridized carbons (Fsp3) is 0.500. The van der Waals surface area contributed by atoms with Crippen LogP contribution in [0.3, 0.4) is 0 Å². The standard InChI is InChI=1S/C22H30N10O/c1-4-16-13(2)29-32-20(24)19(25-3)21(28-22(16)32)27-9-7-15-8-10-31(30-15)17-6-5-14(17)11-26-12-18(23)33/h8,10,14,17,26H,4-7,9,11-12,24H2,1-2H3,(H2,23,33)(H,27,28). The number of primary amides is 1. The van der Waals surface area contributed by atoms with Crippen LogP contribution in [-0.4, -0.2) is 49.9 Å². The van der Waals surface area contributed by atoms with E-state index in [1.807, 2.05) is 23.9 Å². The number of fused-ring (bicyclic) bond motifs is 1. The highest BCUT2D eigenvalue weighted by Gasteiger charge is 2.32. The van der Waals surface area contributed by atoms with Crippen molar-refractivity contribution in [2.75, 3.05) is 30.7 Å². The molecule has 3 heterocycles. The van der Waals surface area contributed by atoms with Crippen LogP contribution in [0.15, 0.2) is 12.3 Å². The first-order valence-corrected chi connectivity index (χ1v) is 11.2. The first-order valence-electron chi connectivity index (χ1n) is 11.2. The van der Waals surface area contributed by atoms with Gasteiger partial charge in [-0.25, -0.2) is 14.3 Å². The molecule has 1 aliphatic carbocycles. The summed E-state index contributed by atoms with van der Waals surface area (Å²) in [5.74, 6) is 0.877. The monoisotopic (exact) mass is 450 g/mol. The van der Waals surface area contributed by atoms with Crippen molar-refractivity contribution < 1.29 is 4.79 Å². The number of hydrogen-bond acceptors (Lipinski definition) is 7. The van der Waals surface area contributed by atoms with Crippen molar-refractivity contribution >= 4 is 28.9 Å². The van der Waals surface area contributed by atoms with Crippen molar-refractivity contribution in [2.24, 2.45) is 11.7 Å². The van der Waals surface area contributed by atoms with E-state index in [9.17, 15) is 4.79 Å². The highest BCUT2D eigenvalue weighted by Crippen LogP contribution is 2.37. The molecule has 11 nitrogen and oxygen atoms in total. The zero-order valence-electron chi connectivity index (χ0n) is 19.0. The van der Waals surface area contributed by atoms with Gasteiger partial charge in [-0.1, -0.05) is 6.92 Å². The zero-order chi connectivity index (χ0) is 23.5. The Kier molecular flexibility index (Phi) is 6.46. The van der Waals surface area contributed by atoms with Crippen LogP contribution in [0.25, 0.3) is 10.5 Å². The minimum atomic E-state index is -0.342. The van der Waals surface area contributed by atoms with Crippen molar-refractivity contribution in [3.8, 4) is 0 Å². The van der Waals surface area contributed by atoms with E-state index in [1.54, 1.807) is 4.52 Å². The van der Waals surface area contributed by atoms with Gasteiger partial charge in [0.05, 0.1) is 30.5 Å². The van der Waals surface area contributed by atoms with Gasteiger partial charge >= 0.3 is 0 Å². The lowest BCUT2D eigenvalue weighted by atomic mass is 9.79. The Morgan fingerprint density at radius 1 is 1.36 bits per heavy atom. The third-order valence-corrected chi connectivity index (χ3v) is 6.30. The minimum absolute atomic E-state index is 0.203. The Morgan fingerprint density at radius 2 is 2.18 bits per heavy atom. The third-order valence-electron chi connectivity index (χ3n) is 6.30. The number of aryl methyl sites for hydroxylation is 2. The van der Waals surface area contributed by atoms with Crippen LogP contribution in [-0.2, 0) is 17.6 Å². The largest absolute Gasteiger partial charge is 0.392 e. The van der Waals surface area contributed by atoms with Gasteiger partial charge in [0.2, 0.25) is 5.91 Å². The summed E-state index contributed by atoms with van der Waals surface area (Å²) in [6, 6.07) is 2.35. The molecule has 1 amide bonds. The fourth-order valence-electron chi connectivity index (χ4n) is 4.38. The number of hydrogen-bond donors (Lipinski definition) is 4. The lowest BCUT2D eigenvalue weighted by Gasteiger charge is -2.36. The van der Waals surface area contributed by atoms with Crippen LogP contribution in [0.5, 0.6) is 0 Å². The first-order chi connectivity index (χ1) is 15.9. The molecule has 1 fully saturated rings. The predicted octanol–water partition coefficient (Wildman–Crippen LogP) is 1.61. The molecule has 0 aromatic carbocycles. The number of nitrogens with one attached hydrogen (secondary N) is 2. The molecule has 33 heavy (non-hydrogen) atoms. The van der Waals surface area contributed by atoms with E-state index in [4.69, 9.17) is 23.1 Å². The van der Waals surface area contributed by atoms with Gasteiger partial charge in [0.1, 0.15) is 11.6 Å².